The van der Waals surface area contributed by atoms with Gasteiger partial charge in [-0.2, -0.15) is 0 Å². The van der Waals surface area contributed by atoms with Crippen molar-refractivity contribution in [1.29, 1.82) is 0 Å². The van der Waals surface area contributed by atoms with Crippen LogP contribution in [0.2, 0.25) is 0 Å². The van der Waals surface area contributed by atoms with E-state index in [0.29, 0.717) is 23.0 Å². The number of aryl methyl sites for hydroxylation is 1. The number of rotatable bonds is 4. The number of nitrogens with zero attached hydrogens (tertiary/aromatic N) is 1. The molecule has 0 amide bonds. The Labute approximate surface area is 111 Å². The van der Waals surface area contributed by atoms with Crippen molar-refractivity contribution in [2.75, 3.05) is 6.61 Å². The maximum absolute atomic E-state index is 13.9. The highest BCUT2D eigenvalue weighted by Gasteiger charge is 2.22. The molecule has 1 atom stereocenters. The molecule has 1 unspecified atom stereocenters. The van der Waals surface area contributed by atoms with Gasteiger partial charge in [-0.1, -0.05) is 12.1 Å². The minimum atomic E-state index is -0.892. The van der Waals surface area contributed by atoms with Crippen molar-refractivity contribution >= 4 is 16.9 Å². The Kier molecular flexibility index (Phi) is 3.85. The van der Waals surface area contributed by atoms with Crippen molar-refractivity contribution in [3.8, 4) is 0 Å². The van der Waals surface area contributed by atoms with Crippen LogP contribution in [0.1, 0.15) is 25.5 Å². The van der Waals surface area contributed by atoms with Gasteiger partial charge in [0.25, 0.3) is 0 Å². The van der Waals surface area contributed by atoms with Crippen LogP contribution in [0.5, 0.6) is 0 Å². The molecular weight excluding hydrogens is 247 g/mol. The van der Waals surface area contributed by atoms with Crippen LogP contribution in [0.3, 0.4) is 0 Å². The maximum atomic E-state index is 13.9. The fourth-order valence-electron chi connectivity index (χ4n) is 2.20. The number of benzene rings is 1. The minimum absolute atomic E-state index is 0.271. The van der Waals surface area contributed by atoms with Crippen LogP contribution in [0.25, 0.3) is 10.9 Å². The lowest BCUT2D eigenvalue weighted by molar-refractivity contribution is -0.144. The smallest absolute Gasteiger partial charge is 0.327 e. The van der Waals surface area contributed by atoms with Gasteiger partial charge in [0.2, 0.25) is 0 Å². The first-order chi connectivity index (χ1) is 9.10. The number of hydrogen-bond donors (Lipinski definition) is 1. The van der Waals surface area contributed by atoms with Gasteiger partial charge >= 0.3 is 5.97 Å². The van der Waals surface area contributed by atoms with Gasteiger partial charge in [0, 0.05) is 23.7 Å². The molecule has 2 aromatic rings. The number of carbonyl (C=O) groups is 1. The average Bonchev–Trinajstić information content (AvgIpc) is 2.78. The second-order valence-electron chi connectivity index (χ2n) is 4.24. The molecule has 1 aromatic carbocycles. The lowest BCUT2D eigenvalue weighted by atomic mass is 10.1. The Balaban J connectivity index is 2.55. The molecule has 0 radical (unpaired) electrons. The van der Waals surface area contributed by atoms with Crippen molar-refractivity contribution in [2.45, 2.75) is 26.4 Å². The third kappa shape index (κ3) is 2.33. The molecule has 1 heterocycles. The molecule has 1 aromatic heterocycles. The molecule has 0 bridgehead atoms. The molecule has 2 N–H and O–H groups in total. The van der Waals surface area contributed by atoms with Gasteiger partial charge in [-0.15, -0.1) is 0 Å². The molecule has 19 heavy (non-hydrogen) atoms. The summed E-state index contributed by atoms with van der Waals surface area (Å²) in [4.78, 5) is 11.7. The summed E-state index contributed by atoms with van der Waals surface area (Å²) in [6.45, 7) is 4.51. The predicted octanol–water partition coefficient (Wildman–Crippen LogP) is 2.36. The van der Waals surface area contributed by atoms with Crippen LogP contribution in [-0.2, 0) is 16.1 Å². The zero-order chi connectivity index (χ0) is 14.0. The lowest BCUT2D eigenvalue weighted by Crippen LogP contribution is -2.23. The highest BCUT2D eigenvalue weighted by Crippen LogP contribution is 2.28. The SMILES string of the molecule is CCOC(=O)C(N)c1cn(CC)c2c(F)cccc12. The molecule has 4 nitrogen and oxygen atoms in total. The van der Waals surface area contributed by atoms with Crippen molar-refractivity contribution in [1.82, 2.24) is 4.57 Å². The standard InChI is InChI=1S/C14H17FN2O2/c1-3-17-8-10(12(16)14(18)19-4-2)9-6-5-7-11(15)13(9)17/h5-8,12H,3-4,16H2,1-2H3. The molecule has 0 fully saturated rings. The third-order valence-corrected chi connectivity index (χ3v) is 3.10. The summed E-state index contributed by atoms with van der Waals surface area (Å²) in [7, 11) is 0. The van der Waals surface area contributed by atoms with E-state index in [1.807, 2.05) is 6.92 Å². The topological polar surface area (TPSA) is 57.2 Å². The number of nitrogens with two attached hydrogens (primary N) is 1. The largest absolute Gasteiger partial charge is 0.465 e. The quantitative estimate of drug-likeness (QED) is 0.862. The Bertz CT molecular complexity index is 607. The Morgan fingerprint density at radius 2 is 2.21 bits per heavy atom. The zero-order valence-electron chi connectivity index (χ0n) is 11.0. The van der Waals surface area contributed by atoms with E-state index >= 15 is 0 Å². The highest BCUT2D eigenvalue weighted by molar-refractivity contribution is 5.90. The molecule has 0 saturated heterocycles. The molecule has 0 aliphatic carbocycles. The second kappa shape index (κ2) is 5.40. The first-order valence-corrected chi connectivity index (χ1v) is 6.29. The second-order valence-corrected chi connectivity index (χ2v) is 4.24. The van der Waals surface area contributed by atoms with Crippen molar-refractivity contribution in [3.63, 3.8) is 0 Å². The summed E-state index contributed by atoms with van der Waals surface area (Å²) in [6.07, 6.45) is 1.72. The van der Waals surface area contributed by atoms with Gasteiger partial charge < -0.3 is 15.0 Å². The molecule has 0 aliphatic rings. The number of ether oxygens (including phenoxy) is 1. The van der Waals surface area contributed by atoms with Crippen molar-refractivity contribution in [2.24, 2.45) is 5.73 Å². The van der Waals surface area contributed by atoms with Crippen LogP contribution in [0.15, 0.2) is 24.4 Å². The Morgan fingerprint density at radius 1 is 1.47 bits per heavy atom. The first kappa shape index (κ1) is 13.5. The summed E-state index contributed by atoms with van der Waals surface area (Å²) < 4.78 is 20.5. The van der Waals surface area contributed by atoms with Crippen LogP contribution in [0, 0.1) is 5.82 Å². The van der Waals surface area contributed by atoms with Crippen LogP contribution >= 0.6 is 0 Å². The van der Waals surface area contributed by atoms with Crippen LogP contribution < -0.4 is 5.73 Å². The van der Waals surface area contributed by atoms with E-state index in [-0.39, 0.29) is 12.4 Å². The number of carbonyl (C=O) groups excluding carboxylic acids is 1. The van der Waals surface area contributed by atoms with E-state index in [1.54, 1.807) is 29.8 Å². The van der Waals surface area contributed by atoms with E-state index < -0.39 is 12.0 Å². The molecular formula is C14H17FN2O2. The van der Waals surface area contributed by atoms with Crippen LogP contribution in [-0.4, -0.2) is 17.1 Å². The molecule has 0 saturated carbocycles. The summed E-state index contributed by atoms with van der Waals surface area (Å²) in [5, 5.41) is 0.655. The van der Waals surface area contributed by atoms with Gasteiger partial charge in [-0.25, -0.2) is 9.18 Å². The van der Waals surface area contributed by atoms with Gasteiger partial charge in [-0.3, -0.25) is 0 Å². The first-order valence-electron chi connectivity index (χ1n) is 6.29. The van der Waals surface area contributed by atoms with Gasteiger partial charge in [-0.05, 0) is 19.9 Å². The van der Waals surface area contributed by atoms with E-state index in [0.717, 1.165) is 0 Å². The number of aromatic nitrogens is 1. The fourth-order valence-corrected chi connectivity index (χ4v) is 2.20. The fraction of sp³-hybridized carbons (Fsp3) is 0.357. The Hall–Kier alpha value is -1.88. The number of esters is 1. The molecule has 5 heteroatoms. The number of halogens is 1. The molecule has 0 aliphatic heterocycles. The van der Waals surface area contributed by atoms with E-state index in [9.17, 15) is 9.18 Å². The zero-order valence-corrected chi connectivity index (χ0v) is 11.0. The summed E-state index contributed by atoms with van der Waals surface area (Å²) in [5.74, 6) is -0.816. The predicted molar refractivity (Wildman–Crippen MR) is 71.1 cm³/mol. The van der Waals surface area contributed by atoms with Gasteiger partial charge in [0.05, 0.1) is 12.1 Å². The van der Waals surface area contributed by atoms with E-state index in [2.05, 4.69) is 0 Å². The van der Waals surface area contributed by atoms with Crippen molar-refractivity contribution in [3.05, 3.63) is 35.8 Å². The monoisotopic (exact) mass is 264 g/mol. The minimum Gasteiger partial charge on any atom is -0.465 e. The van der Waals surface area contributed by atoms with E-state index in [1.165, 1.54) is 6.07 Å². The summed E-state index contributed by atoms with van der Waals surface area (Å²) in [5.41, 5.74) is 6.96. The third-order valence-electron chi connectivity index (χ3n) is 3.10. The van der Waals surface area contributed by atoms with Gasteiger partial charge in [0.1, 0.15) is 11.9 Å². The van der Waals surface area contributed by atoms with Crippen molar-refractivity contribution < 1.29 is 13.9 Å². The lowest BCUT2D eigenvalue weighted by Gasteiger charge is -2.09. The highest BCUT2D eigenvalue weighted by atomic mass is 19.1. The molecule has 2 rings (SSSR count). The average molecular weight is 264 g/mol. The number of hydrogen-bond acceptors (Lipinski definition) is 3. The van der Waals surface area contributed by atoms with E-state index in [4.69, 9.17) is 10.5 Å². The molecule has 0 spiro atoms. The number of para-hydroxylation sites is 1. The number of fused-ring (bicyclic) bond motifs is 1. The Morgan fingerprint density at radius 3 is 2.84 bits per heavy atom. The van der Waals surface area contributed by atoms with Gasteiger partial charge in [0.15, 0.2) is 0 Å². The normalized spacial score (nSPS) is 12.6. The summed E-state index contributed by atoms with van der Waals surface area (Å²) >= 11 is 0. The van der Waals surface area contributed by atoms with Crippen LogP contribution in [0.4, 0.5) is 4.39 Å². The maximum Gasteiger partial charge on any atom is 0.327 e. The molecule has 102 valence electrons. The summed E-state index contributed by atoms with van der Waals surface area (Å²) in [6, 6.07) is 3.88.